The third kappa shape index (κ3) is 3.08. The van der Waals surface area contributed by atoms with Gasteiger partial charge in [-0.15, -0.1) is 0 Å². The number of nitrogens with one attached hydrogen (secondary N) is 1. The summed E-state index contributed by atoms with van der Waals surface area (Å²) in [5.74, 6) is 2.03. The Balaban J connectivity index is 1.40. The fraction of sp³-hybridized carbons (Fsp3) is 0.222. The lowest BCUT2D eigenvalue weighted by atomic mass is 10.2. The molecule has 7 heteroatoms. The number of ether oxygens (including phenoxy) is 3. The number of hydrogen-bond donors (Lipinski definition) is 1. The zero-order valence-electron chi connectivity index (χ0n) is 13.7. The van der Waals surface area contributed by atoms with Crippen LogP contribution < -0.4 is 19.5 Å². The molecule has 0 spiro atoms. The highest BCUT2D eigenvalue weighted by atomic mass is 16.7. The van der Waals surface area contributed by atoms with Crippen molar-refractivity contribution in [3.8, 4) is 17.2 Å². The molecule has 0 unspecified atom stereocenters. The van der Waals surface area contributed by atoms with E-state index >= 15 is 0 Å². The zero-order chi connectivity index (χ0) is 17.2. The first kappa shape index (κ1) is 15.3. The predicted molar refractivity (Wildman–Crippen MR) is 92.1 cm³/mol. The van der Waals surface area contributed by atoms with Gasteiger partial charge in [-0.2, -0.15) is 5.10 Å². The maximum Gasteiger partial charge on any atom is 0.231 e. The molecule has 4 rings (SSSR count). The fourth-order valence-electron chi connectivity index (χ4n) is 2.78. The van der Waals surface area contributed by atoms with Crippen LogP contribution in [-0.4, -0.2) is 29.6 Å². The van der Waals surface area contributed by atoms with Crippen molar-refractivity contribution in [2.45, 2.75) is 13.0 Å². The Kier molecular flexibility index (Phi) is 3.89. The number of nitrogens with zero attached hydrogens (tertiary/aromatic N) is 2. The second kappa shape index (κ2) is 6.35. The number of rotatable bonds is 5. The zero-order valence-corrected chi connectivity index (χ0v) is 13.7. The monoisotopic (exact) mass is 339 g/mol. The Labute approximate surface area is 144 Å². The molecular weight excluding hydrogens is 322 g/mol. The summed E-state index contributed by atoms with van der Waals surface area (Å²) in [5, 5.41) is 8.19. The number of aryl methyl sites for hydroxylation is 1. The van der Waals surface area contributed by atoms with Gasteiger partial charge in [0, 0.05) is 23.6 Å². The molecule has 1 aromatic heterocycles. The van der Waals surface area contributed by atoms with Crippen molar-refractivity contribution in [1.29, 1.82) is 0 Å². The van der Waals surface area contributed by atoms with Gasteiger partial charge >= 0.3 is 0 Å². The minimum atomic E-state index is -0.0870. The van der Waals surface area contributed by atoms with Crippen LogP contribution in [0.15, 0.2) is 42.6 Å². The molecule has 0 atom stereocenters. The second-order valence-electron chi connectivity index (χ2n) is 5.66. The van der Waals surface area contributed by atoms with Gasteiger partial charge in [0.25, 0.3) is 0 Å². The summed E-state index contributed by atoms with van der Waals surface area (Å²) in [6, 6.07) is 11.1. The van der Waals surface area contributed by atoms with Crippen molar-refractivity contribution in [2.75, 3.05) is 19.2 Å². The smallest absolute Gasteiger partial charge is 0.231 e. The third-order valence-corrected chi connectivity index (χ3v) is 4.06. The molecule has 2 heterocycles. The molecule has 7 nitrogen and oxygen atoms in total. The Morgan fingerprint density at radius 3 is 3.00 bits per heavy atom. The van der Waals surface area contributed by atoms with Crippen LogP contribution >= 0.6 is 0 Å². The minimum absolute atomic E-state index is 0.0870. The number of aromatic nitrogens is 2. The third-order valence-electron chi connectivity index (χ3n) is 4.06. The lowest BCUT2D eigenvalue weighted by Gasteiger charge is -2.07. The Morgan fingerprint density at radius 2 is 2.12 bits per heavy atom. The summed E-state index contributed by atoms with van der Waals surface area (Å²) >= 11 is 0. The van der Waals surface area contributed by atoms with Gasteiger partial charge in [-0.1, -0.05) is 0 Å². The average Bonchev–Trinajstić information content (AvgIpc) is 3.25. The number of benzene rings is 2. The SMILES string of the molecule is COc1ccc2c(cnn2CCC(=O)Nc2ccc3c(c2)OCO3)c1. The van der Waals surface area contributed by atoms with Crippen molar-refractivity contribution in [3.05, 3.63) is 42.6 Å². The van der Waals surface area contributed by atoms with E-state index in [2.05, 4.69) is 10.4 Å². The quantitative estimate of drug-likeness (QED) is 0.774. The molecule has 128 valence electrons. The van der Waals surface area contributed by atoms with Crippen molar-refractivity contribution < 1.29 is 19.0 Å². The number of anilines is 1. The standard InChI is InChI=1S/C18H17N3O4/c1-23-14-3-4-15-12(8-14)10-19-21(15)7-6-18(22)20-13-2-5-16-17(9-13)25-11-24-16/h2-5,8-10H,6-7,11H2,1H3,(H,20,22). The van der Waals surface area contributed by atoms with Crippen LogP contribution in [0.1, 0.15) is 6.42 Å². The van der Waals surface area contributed by atoms with Crippen LogP contribution in [0.5, 0.6) is 17.2 Å². The van der Waals surface area contributed by atoms with Gasteiger partial charge in [0.2, 0.25) is 12.7 Å². The van der Waals surface area contributed by atoms with E-state index in [-0.39, 0.29) is 12.7 Å². The van der Waals surface area contributed by atoms with E-state index in [0.29, 0.717) is 30.2 Å². The van der Waals surface area contributed by atoms with E-state index in [4.69, 9.17) is 14.2 Å². The van der Waals surface area contributed by atoms with Gasteiger partial charge in [0.1, 0.15) is 5.75 Å². The molecule has 0 aliphatic carbocycles. The number of methoxy groups -OCH3 is 1. The van der Waals surface area contributed by atoms with E-state index in [0.717, 1.165) is 16.7 Å². The van der Waals surface area contributed by atoms with Crippen molar-refractivity contribution in [1.82, 2.24) is 9.78 Å². The Hall–Kier alpha value is -3.22. The van der Waals surface area contributed by atoms with E-state index in [1.165, 1.54) is 0 Å². The van der Waals surface area contributed by atoms with Crippen molar-refractivity contribution >= 4 is 22.5 Å². The maximum atomic E-state index is 12.2. The van der Waals surface area contributed by atoms with Crippen LogP contribution in [0.25, 0.3) is 10.9 Å². The molecule has 0 saturated heterocycles. The van der Waals surface area contributed by atoms with Crippen LogP contribution in [0.3, 0.4) is 0 Å². The first-order chi connectivity index (χ1) is 12.2. The van der Waals surface area contributed by atoms with Gasteiger partial charge in [-0.25, -0.2) is 0 Å². The van der Waals surface area contributed by atoms with Crippen LogP contribution in [0, 0.1) is 0 Å². The summed E-state index contributed by atoms with van der Waals surface area (Å²) in [5.41, 5.74) is 1.65. The van der Waals surface area contributed by atoms with Gasteiger partial charge in [-0.3, -0.25) is 9.48 Å². The van der Waals surface area contributed by atoms with E-state index in [1.807, 2.05) is 22.9 Å². The Bertz CT molecular complexity index is 935. The number of hydrogen-bond acceptors (Lipinski definition) is 5. The fourth-order valence-corrected chi connectivity index (χ4v) is 2.78. The summed E-state index contributed by atoms with van der Waals surface area (Å²) in [6.07, 6.45) is 2.09. The highest BCUT2D eigenvalue weighted by molar-refractivity contribution is 5.91. The molecule has 1 N–H and O–H groups in total. The molecule has 0 bridgehead atoms. The molecule has 0 fully saturated rings. The molecule has 25 heavy (non-hydrogen) atoms. The summed E-state index contributed by atoms with van der Waals surface area (Å²) in [4.78, 5) is 12.2. The molecule has 1 aliphatic heterocycles. The largest absolute Gasteiger partial charge is 0.497 e. The summed E-state index contributed by atoms with van der Waals surface area (Å²) in [6.45, 7) is 0.704. The lowest BCUT2D eigenvalue weighted by molar-refractivity contribution is -0.116. The number of fused-ring (bicyclic) bond motifs is 2. The average molecular weight is 339 g/mol. The van der Waals surface area contributed by atoms with Crippen molar-refractivity contribution in [3.63, 3.8) is 0 Å². The van der Waals surface area contributed by atoms with Crippen LogP contribution in [0.4, 0.5) is 5.69 Å². The minimum Gasteiger partial charge on any atom is -0.497 e. The number of carbonyl (C=O) groups excluding carboxylic acids is 1. The van der Waals surface area contributed by atoms with E-state index in [1.54, 1.807) is 31.5 Å². The van der Waals surface area contributed by atoms with Gasteiger partial charge in [-0.05, 0) is 30.3 Å². The highest BCUT2D eigenvalue weighted by Gasteiger charge is 2.14. The molecule has 2 aromatic carbocycles. The highest BCUT2D eigenvalue weighted by Crippen LogP contribution is 2.34. The van der Waals surface area contributed by atoms with Gasteiger partial charge in [0.15, 0.2) is 11.5 Å². The van der Waals surface area contributed by atoms with Crippen LogP contribution in [0.2, 0.25) is 0 Å². The molecule has 1 aliphatic rings. The molecule has 3 aromatic rings. The first-order valence-corrected chi connectivity index (χ1v) is 7.92. The summed E-state index contributed by atoms with van der Waals surface area (Å²) < 4.78 is 17.6. The predicted octanol–water partition coefficient (Wildman–Crippen LogP) is 2.80. The topological polar surface area (TPSA) is 74.6 Å². The Morgan fingerprint density at radius 1 is 1.24 bits per heavy atom. The lowest BCUT2D eigenvalue weighted by Crippen LogP contribution is -2.14. The van der Waals surface area contributed by atoms with Gasteiger partial charge < -0.3 is 19.5 Å². The summed E-state index contributed by atoms with van der Waals surface area (Å²) in [7, 11) is 1.63. The van der Waals surface area contributed by atoms with E-state index < -0.39 is 0 Å². The number of amides is 1. The second-order valence-corrected chi connectivity index (χ2v) is 5.66. The van der Waals surface area contributed by atoms with Gasteiger partial charge in [0.05, 0.1) is 25.4 Å². The molecule has 1 amide bonds. The molecule has 0 saturated carbocycles. The van der Waals surface area contributed by atoms with E-state index in [9.17, 15) is 4.79 Å². The first-order valence-electron chi connectivity index (χ1n) is 7.92. The molecule has 0 radical (unpaired) electrons. The molecular formula is C18H17N3O4. The number of carbonyl (C=O) groups is 1. The normalized spacial score (nSPS) is 12.4. The van der Waals surface area contributed by atoms with Crippen LogP contribution in [-0.2, 0) is 11.3 Å². The van der Waals surface area contributed by atoms with Crippen molar-refractivity contribution in [2.24, 2.45) is 0 Å². The maximum absolute atomic E-state index is 12.2.